The summed E-state index contributed by atoms with van der Waals surface area (Å²) in [6.07, 6.45) is 1.85. The maximum Gasteiger partial charge on any atom is 0.135 e. The number of anilines is 4. The van der Waals surface area contributed by atoms with Crippen molar-refractivity contribution < 1.29 is 30.2 Å². The minimum Gasteiger partial charge on any atom is -0.509 e. The first-order valence-electron chi connectivity index (χ1n) is 25.0. The predicted molar refractivity (Wildman–Crippen MR) is 299 cm³/mol. The Morgan fingerprint density at radius 1 is 0.500 bits per heavy atom. The molecule has 0 atom stereocenters. The second-order valence-corrected chi connectivity index (χ2v) is 19.5. The van der Waals surface area contributed by atoms with Crippen molar-refractivity contribution in [1.82, 2.24) is 9.55 Å². The first-order chi connectivity index (χ1) is 35.6. The van der Waals surface area contributed by atoms with E-state index in [-0.39, 0.29) is 38.7 Å². The molecule has 0 N–H and O–H groups in total. The first kappa shape index (κ1) is 48.2. The van der Waals surface area contributed by atoms with Crippen LogP contribution in [0, 0.1) is 31.5 Å². The smallest absolute Gasteiger partial charge is 0.135 e. The Labute approximate surface area is 447 Å². The van der Waals surface area contributed by atoms with Gasteiger partial charge in [0.25, 0.3) is 0 Å². The van der Waals surface area contributed by atoms with Gasteiger partial charge in [0.1, 0.15) is 11.6 Å². The van der Waals surface area contributed by atoms with Crippen molar-refractivity contribution in [1.29, 1.82) is 0 Å². The number of rotatable bonds is 11. The number of pyridine rings is 1. The SMILES string of the molecule is Cc1ccnc(-n2c3[c-]c(Oc4[c-]c(N5[CH-]N(c6c(C(C)C)cc(-c7cccc(F)c7)cc6C(C)C)c6ccccc65)cc(-c5cc(-c6ccccc6)cc(-c6ccccc6)c5)c4)ccc3c3ccccc32)c1.[Pt]. The molecule has 366 valence electrons. The van der Waals surface area contributed by atoms with Gasteiger partial charge in [0.2, 0.25) is 0 Å². The third kappa shape index (κ3) is 9.09. The van der Waals surface area contributed by atoms with Gasteiger partial charge in [-0.2, -0.15) is 6.07 Å². The van der Waals surface area contributed by atoms with E-state index in [2.05, 4.69) is 232 Å². The molecule has 11 aromatic rings. The fourth-order valence-corrected chi connectivity index (χ4v) is 10.4. The Morgan fingerprint density at radius 2 is 1.08 bits per heavy atom. The molecule has 0 radical (unpaired) electrons. The van der Waals surface area contributed by atoms with Crippen LogP contribution in [-0.4, -0.2) is 9.55 Å². The normalized spacial score (nSPS) is 12.2. The van der Waals surface area contributed by atoms with Crippen molar-refractivity contribution in [3.8, 4) is 61.8 Å². The van der Waals surface area contributed by atoms with Gasteiger partial charge in [-0.05, 0) is 153 Å². The zero-order valence-corrected chi connectivity index (χ0v) is 44.0. The number of hydrogen-bond donors (Lipinski definition) is 0. The maximum atomic E-state index is 14.7. The zero-order valence-electron chi connectivity index (χ0n) is 41.8. The molecule has 0 unspecified atom stereocenters. The minimum absolute atomic E-state index is 0. The summed E-state index contributed by atoms with van der Waals surface area (Å²) in [4.78, 5) is 9.38. The number of benzene rings is 9. The van der Waals surface area contributed by atoms with Crippen LogP contribution in [0.4, 0.5) is 27.1 Å². The summed E-state index contributed by atoms with van der Waals surface area (Å²) in [6, 6.07) is 76.3. The summed E-state index contributed by atoms with van der Waals surface area (Å²) >= 11 is 0. The molecular formula is C67H52FN4OPt-3. The molecule has 0 saturated heterocycles. The zero-order chi connectivity index (χ0) is 49.7. The van der Waals surface area contributed by atoms with Crippen LogP contribution in [0.15, 0.2) is 206 Å². The Morgan fingerprint density at radius 3 is 1.73 bits per heavy atom. The second-order valence-electron chi connectivity index (χ2n) is 19.5. The van der Waals surface area contributed by atoms with E-state index in [0.29, 0.717) is 11.5 Å². The topological polar surface area (TPSA) is 33.5 Å². The molecule has 7 heteroatoms. The van der Waals surface area contributed by atoms with Gasteiger partial charge >= 0.3 is 0 Å². The predicted octanol–water partition coefficient (Wildman–Crippen LogP) is 18.3. The van der Waals surface area contributed by atoms with Gasteiger partial charge < -0.3 is 19.1 Å². The standard InChI is InChI=1S/C67H52FN4O.Pt/c1-43(2)60-38-53(48-21-16-22-54(68)35-48)39-61(44(3)4)67(60)71-42-70(63-25-14-15-26-64(63)71)55-36-52(51-33-49(46-17-8-6-9-18-46)32-50(34-51)47-19-10-7-11-20-47)37-57(40-55)73-56-27-28-59-58-23-12-13-24-62(58)72(65(59)41-56)66-31-45(5)29-30-69-66;/h6-39,42-44H,1-5H3;/q-3;. The summed E-state index contributed by atoms with van der Waals surface area (Å²) < 4.78 is 23.9. The minimum atomic E-state index is -0.248. The van der Waals surface area contributed by atoms with Gasteiger partial charge in [0.05, 0.1) is 0 Å². The van der Waals surface area contributed by atoms with E-state index >= 15 is 0 Å². The second kappa shape index (κ2) is 20.1. The summed E-state index contributed by atoms with van der Waals surface area (Å²) in [5.74, 6) is 1.99. The van der Waals surface area contributed by atoms with Crippen molar-refractivity contribution in [3.63, 3.8) is 0 Å². The van der Waals surface area contributed by atoms with Gasteiger partial charge in [-0.25, -0.2) is 9.37 Å². The van der Waals surface area contributed by atoms with Gasteiger partial charge in [-0.15, -0.1) is 53.6 Å². The number of fused-ring (bicyclic) bond motifs is 4. The van der Waals surface area contributed by atoms with E-state index in [1.54, 1.807) is 12.1 Å². The number of ether oxygens (including phenoxy) is 1. The third-order valence-electron chi connectivity index (χ3n) is 13.9. The van der Waals surface area contributed by atoms with E-state index in [4.69, 9.17) is 9.72 Å². The van der Waals surface area contributed by atoms with Crippen LogP contribution in [0.3, 0.4) is 0 Å². The number of aromatic nitrogens is 2. The first-order valence-corrected chi connectivity index (χ1v) is 25.0. The molecule has 3 heterocycles. The average Bonchev–Trinajstić information content (AvgIpc) is 3.97. The molecule has 1 aliphatic rings. The van der Waals surface area contributed by atoms with E-state index in [9.17, 15) is 4.39 Å². The van der Waals surface area contributed by atoms with Crippen LogP contribution in [0.5, 0.6) is 11.5 Å². The Hall–Kier alpha value is -8.05. The van der Waals surface area contributed by atoms with E-state index in [1.807, 2.05) is 24.4 Å². The van der Waals surface area contributed by atoms with Crippen molar-refractivity contribution in [2.45, 2.75) is 46.5 Å². The van der Waals surface area contributed by atoms with Crippen molar-refractivity contribution >= 4 is 44.6 Å². The van der Waals surface area contributed by atoms with Crippen LogP contribution in [0.2, 0.25) is 0 Å². The van der Waals surface area contributed by atoms with Crippen molar-refractivity contribution in [2.24, 2.45) is 0 Å². The fraction of sp³-hybridized carbons (Fsp3) is 0.104. The van der Waals surface area contributed by atoms with Crippen LogP contribution < -0.4 is 14.5 Å². The van der Waals surface area contributed by atoms with Gasteiger partial charge in [-0.1, -0.05) is 136 Å². The summed E-state index contributed by atoms with van der Waals surface area (Å²) in [6.45, 7) is 13.2. The van der Waals surface area contributed by atoms with Crippen LogP contribution >= 0.6 is 0 Å². The largest absolute Gasteiger partial charge is 0.509 e. The van der Waals surface area contributed by atoms with E-state index < -0.39 is 0 Å². The molecule has 0 amide bonds. The van der Waals surface area contributed by atoms with Crippen LogP contribution in [0.1, 0.15) is 56.2 Å². The molecule has 1 aliphatic heterocycles. The monoisotopic (exact) mass is 1140 g/mol. The number of para-hydroxylation sites is 3. The Bertz CT molecular complexity index is 3780. The molecule has 0 bridgehead atoms. The van der Waals surface area contributed by atoms with Crippen LogP contribution in [-0.2, 0) is 21.1 Å². The number of aryl methyl sites for hydroxylation is 1. The molecule has 9 aromatic carbocycles. The quantitative estimate of drug-likeness (QED) is 0.121. The molecule has 2 aromatic heterocycles. The number of nitrogens with zero attached hydrogens (tertiary/aromatic N) is 4. The molecule has 0 saturated carbocycles. The van der Waals surface area contributed by atoms with E-state index in [1.165, 1.54) is 17.2 Å². The maximum absolute atomic E-state index is 14.7. The third-order valence-corrected chi connectivity index (χ3v) is 13.9. The van der Waals surface area contributed by atoms with Crippen LogP contribution in [0.25, 0.3) is 72.1 Å². The molecular weight excluding hydrogens is 1090 g/mol. The average molecular weight is 1140 g/mol. The van der Waals surface area contributed by atoms with Gasteiger partial charge in [0.15, 0.2) is 0 Å². The van der Waals surface area contributed by atoms with Gasteiger partial charge in [-0.3, -0.25) is 0 Å². The molecule has 0 fully saturated rings. The van der Waals surface area contributed by atoms with E-state index in [0.717, 1.165) is 100 Å². The fourth-order valence-electron chi connectivity index (χ4n) is 10.4. The van der Waals surface area contributed by atoms with Crippen molar-refractivity contribution in [2.75, 3.05) is 9.80 Å². The molecule has 0 aliphatic carbocycles. The molecule has 0 spiro atoms. The van der Waals surface area contributed by atoms with Gasteiger partial charge in [0, 0.05) is 61.3 Å². The number of hydrogen-bond acceptors (Lipinski definition) is 4. The Balaban J connectivity index is 0.00000588. The number of halogens is 1. The summed E-state index contributed by atoms with van der Waals surface area (Å²) in [5, 5.41) is 2.18. The molecule has 12 rings (SSSR count). The summed E-state index contributed by atoms with van der Waals surface area (Å²) in [5.41, 5.74) is 17.7. The Kier molecular flexibility index (Phi) is 13.1. The molecule has 74 heavy (non-hydrogen) atoms. The van der Waals surface area contributed by atoms with Crippen molar-refractivity contribution in [3.05, 3.63) is 248 Å². The molecule has 5 nitrogen and oxygen atoms in total. The summed E-state index contributed by atoms with van der Waals surface area (Å²) in [7, 11) is 0.